The molecule has 100 valence electrons. The maximum absolute atomic E-state index is 13.2. The second kappa shape index (κ2) is 4.37. The van der Waals surface area contributed by atoms with E-state index in [0.29, 0.717) is 11.7 Å². The first-order valence-corrected chi connectivity index (χ1v) is 6.70. The summed E-state index contributed by atoms with van der Waals surface area (Å²) in [6.07, 6.45) is 2.29. The van der Waals surface area contributed by atoms with Crippen LogP contribution in [0.2, 0.25) is 0 Å². The number of hydrogen-bond acceptors (Lipinski definition) is 2. The lowest BCUT2D eigenvalue weighted by molar-refractivity contribution is 0.467. The molecule has 1 aromatic carbocycles. The summed E-state index contributed by atoms with van der Waals surface area (Å²) < 4.78 is 15.3. The fraction of sp³-hybridized carbons (Fsp3) is 0.400. The number of rotatable bonds is 1. The summed E-state index contributed by atoms with van der Waals surface area (Å²) >= 11 is 0. The highest BCUT2D eigenvalue weighted by molar-refractivity contribution is 5.73. The third-order valence-electron chi connectivity index (χ3n) is 3.94. The Morgan fingerprint density at radius 2 is 2.21 bits per heavy atom. The summed E-state index contributed by atoms with van der Waals surface area (Å²) in [4.78, 5) is 4.71. The maximum Gasteiger partial charge on any atom is 0.131 e. The van der Waals surface area contributed by atoms with Crippen molar-refractivity contribution >= 4 is 5.82 Å². The van der Waals surface area contributed by atoms with Gasteiger partial charge in [0.2, 0.25) is 0 Å². The fourth-order valence-electron chi connectivity index (χ4n) is 2.87. The van der Waals surface area contributed by atoms with Gasteiger partial charge in [-0.1, -0.05) is 6.92 Å². The van der Waals surface area contributed by atoms with E-state index in [-0.39, 0.29) is 5.82 Å². The standard InChI is InChI=1S/C15H18FN3/c1-9-4-3-7-19-14(17)13(18-15(9)19)12-6-5-11(16)8-10(12)2/h5-6,8-9H,3-4,7,17H2,1-2H3. The molecule has 4 heteroatoms. The van der Waals surface area contributed by atoms with Crippen molar-refractivity contribution in [3.8, 4) is 11.3 Å². The third kappa shape index (κ3) is 1.91. The van der Waals surface area contributed by atoms with E-state index in [1.165, 1.54) is 12.1 Å². The highest BCUT2D eigenvalue weighted by Gasteiger charge is 2.24. The number of nitrogens with zero attached hydrogens (tertiary/aromatic N) is 2. The highest BCUT2D eigenvalue weighted by atomic mass is 19.1. The molecule has 0 saturated carbocycles. The van der Waals surface area contributed by atoms with Gasteiger partial charge in [-0.15, -0.1) is 0 Å². The minimum absolute atomic E-state index is 0.225. The van der Waals surface area contributed by atoms with Crippen LogP contribution in [0.1, 0.15) is 37.1 Å². The predicted molar refractivity (Wildman–Crippen MR) is 74.4 cm³/mol. The SMILES string of the molecule is Cc1cc(F)ccc1-c1nc2n(c1N)CCCC2C. The monoisotopic (exact) mass is 259 g/mol. The number of imidazole rings is 1. The Morgan fingerprint density at radius 3 is 2.89 bits per heavy atom. The first-order valence-electron chi connectivity index (χ1n) is 6.70. The summed E-state index contributed by atoms with van der Waals surface area (Å²) in [6.45, 7) is 5.00. The van der Waals surface area contributed by atoms with Gasteiger partial charge in [-0.3, -0.25) is 0 Å². The number of nitrogens with two attached hydrogens (primary N) is 1. The van der Waals surface area contributed by atoms with Crippen LogP contribution in [-0.4, -0.2) is 9.55 Å². The quantitative estimate of drug-likeness (QED) is 0.852. The Labute approximate surface area is 112 Å². The van der Waals surface area contributed by atoms with Gasteiger partial charge in [0, 0.05) is 18.0 Å². The lowest BCUT2D eigenvalue weighted by Gasteiger charge is -2.20. The minimum Gasteiger partial charge on any atom is -0.383 e. The summed E-state index contributed by atoms with van der Waals surface area (Å²) in [5, 5.41) is 0. The van der Waals surface area contributed by atoms with Gasteiger partial charge in [0.15, 0.2) is 0 Å². The number of benzene rings is 1. The highest BCUT2D eigenvalue weighted by Crippen LogP contribution is 2.35. The number of fused-ring (bicyclic) bond motifs is 1. The van der Waals surface area contributed by atoms with Gasteiger partial charge in [0.25, 0.3) is 0 Å². The average molecular weight is 259 g/mol. The van der Waals surface area contributed by atoms with Crippen LogP contribution in [0.5, 0.6) is 0 Å². The molecule has 2 aromatic rings. The first-order chi connectivity index (χ1) is 9.08. The van der Waals surface area contributed by atoms with E-state index in [1.54, 1.807) is 6.07 Å². The first kappa shape index (κ1) is 12.2. The number of anilines is 1. The van der Waals surface area contributed by atoms with Crippen molar-refractivity contribution in [2.75, 3.05) is 5.73 Å². The van der Waals surface area contributed by atoms with Gasteiger partial charge in [-0.25, -0.2) is 9.37 Å². The molecule has 1 atom stereocenters. The van der Waals surface area contributed by atoms with E-state index in [4.69, 9.17) is 10.7 Å². The molecule has 2 N–H and O–H groups in total. The normalized spacial score (nSPS) is 18.4. The van der Waals surface area contributed by atoms with Crippen LogP contribution in [-0.2, 0) is 6.54 Å². The van der Waals surface area contributed by atoms with Crippen LogP contribution in [0.3, 0.4) is 0 Å². The molecule has 2 heterocycles. The van der Waals surface area contributed by atoms with Crippen LogP contribution in [0.25, 0.3) is 11.3 Å². The van der Waals surface area contributed by atoms with Crippen molar-refractivity contribution in [3.05, 3.63) is 35.4 Å². The number of hydrogen-bond donors (Lipinski definition) is 1. The molecule has 1 aliphatic heterocycles. The van der Waals surface area contributed by atoms with Gasteiger partial charge in [-0.2, -0.15) is 0 Å². The molecular weight excluding hydrogens is 241 g/mol. The molecule has 1 aliphatic rings. The summed E-state index contributed by atoms with van der Waals surface area (Å²) in [7, 11) is 0. The Kier molecular flexibility index (Phi) is 2.81. The lowest BCUT2D eigenvalue weighted by Crippen LogP contribution is -2.15. The molecule has 0 spiro atoms. The number of halogens is 1. The molecule has 1 aromatic heterocycles. The van der Waals surface area contributed by atoms with E-state index in [0.717, 1.165) is 42.0 Å². The molecule has 0 bridgehead atoms. The van der Waals surface area contributed by atoms with Crippen molar-refractivity contribution < 1.29 is 4.39 Å². The predicted octanol–water partition coefficient (Wildman–Crippen LogP) is 3.48. The van der Waals surface area contributed by atoms with E-state index < -0.39 is 0 Å². The van der Waals surface area contributed by atoms with Crippen molar-refractivity contribution in [2.45, 2.75) is 39.2 Å². The van der Waals surface area contributed by atoms with Gasteiger partial charge < -0.3 is 10.3 Å². The molecule has 0 aliphatic carbocycles. The zero-order valence-electron chi connectivity index (χ0n) is 11.3. The van der Waals surface area contributed by atoms with Crippen LogP contribution in [0, 0.1) is 12.7 Å². The molecule has 3 rings (SSSR count). The second-order valence-corrected chi connectivity index (χ2v) is 5.36. The largest absolute Gasteiger partial charge is 0.383 e. The van der Waals surface area contributed by atoms with Crippen LogP contribution < -0.4 is 5.73 Å². The number of aryl methyl sites for hydroxylation is 1. The average Bonchev–Trinajstić information content (AvgIpc) is 2.69. The smallest absolute Gasteiger partial charge is 0.131 e. The van der Waals surface area contributed by atoms with Crippen LogP contribution in [0.15, 0.2) is 18.2 Å². The van der Waals surface area contributed by atoms with Crippen LogP contribution >= 0.6 is 0 Å². The van der Waals surface area contributed by atoms with Gasteiger partial charge >= 0.3 is 0 Å². The summed E-state index contributed by atoms with van der Waals surface area (Å²) in [5.41, 5.74) is 8.82. The summed E-state index contributed by atoms with van der Waals surface area (Å²) in [5.74, 6) is 1.97. The molecule has 0 saturated heterocycles. The molecule has 19 heavy (non-hydrogen) atoms. The van der Waals surface area contributed by atoms with Gasteiger partial charge in [-0.05, 0) is 43.5 Å². The van der Waals surface area contributed by atoms with Gasteiger partial charge in [0.05, 0.1) is 0 Å². The van der Waals surface area contributed by atoms with Gasteiger partial charge in [0.1, 0.15) is 23.2 Å². The lowest BCUT2D eigenvalue weighted by atomic mass is 10.0. The second-order valence-electron chi connectivity index (χ2n) is 5.36. The fourth-order valence-corrected chi connectivity index (χ4v) is 2.87. The zero-order valence-corrected chi connectivity index (χ0v) is 11.3. The Hall–Kier alpha value is -1.84. The topological polar surface area (TPSA) is 43.8 Å². The Balaban J connectivity index is 2.16. The van der Waals surface area contributed by atoms with Crippen molar-refractivity contribution in [1.82, 2.24) is 9.55 Å². The van der Waals surface area contributed by atoms with Crippen molar-refractivity contribution in [1.29, 1.82) is 0 Å². The summed E-state index contributed by atoms with van der Waals surface area (Å²) in [6, 6.07) is 4.75. The van der Waals surface area contributed by atoms with E-state index in [9.17, 15) is 4.39 Å². The Morgan fingerprint density at radius 1 is 1.42 bits per heavy atom. The number of aromatic nitrogens is 2. The molecule has 0 fully saturated rings. The van der Waals surface area contributed by atoms with Crippen molar-refractivity contribution in [3.63, 3.8) is 0 Å². The number of nitrogen functional groups attached to an aromatic ring is 1. The molecule has 1 unspecified atom stereocenters. The van der Waals surface area contributed by atoms with E-state index >= 15 is 0 Å². The Bertz CT molecular complexity index is 631. The molecule has 3 nitrogen and oxygen atoms in total. The van der Waals surface area contributed by atoms with E-state index in [2.05, 4.69) is 11.5 Å². The zero-order chi connectivity index (χ0) is 13.6. The molecular formula is C15H18FN3. The maximum atomic E-state index is 13.2. The van der Waals surface area contributed by atoms with Crippen molar-refractivity contribution in [2.24, 2.45) is 0 Å². The molecule has 0 amide bonds. The van der Waals surface area contributed by atoms with E-state index in [1.807, 2.05) is 6.92 Å². The molecule has 0 radical (unpaired) electrons. The third-order valence-corrected chi connectivity index (χ3v) is 3.94. The van der Waals surface area contributed by atoms with Crippen LogP contribution in [0.4, 0.5) is 10.2 Å². The minimum atomic E-state index is -0.225.